The van der Waals surface area contributed by atoms with Gasteiger partial charge in [0.25, 0.3) is 5.91 Å². The molecule has 0 heterocycles. The van der Waals surface area contributed by atoms with Crippen LogP contribution in [0.15, 0.2) is 36.4 Å². The predicted octanol–water partition coefficient (Wildman–Crippen LogP) is 3.28. The fraction of sp³-hybridized carbons (Fsp3) is 0.263. The Kier molecular flexibility index (Phi) is 5.24. The zero-order chi connectivity index (χ0) is 17.9. The molecule has 0 aliphatic heterocycles. The molecule has 0 spiro atoms. The first-order valence-corrected chi connectivity index (χ1v) is 7.56. The Balaban J connectivity index is 2.20. The first-order chi connectivity index (χ1) is 11.3. The SMILES string of the molecule is COc1c(C)cc(CN(C)C(=O)c2cccc(C(=O)O)c2)cc1C. The van der Waals surface area contributed by atoms with Crippen LogP contribution in [-0.2, 0) is 6.54 Å². The van der Waals surface area contributed by atoms with E-state index in [1.807, 2.05) is 26.0 Å². The molecule has 0 fully saturated rings. The van der Waals surface area contributed by atoms with E-state index in [1.165, 1.54) is 12.1 Å². The molecule has 2 aromatic rings. The fourth-order valence-electron chi connectivity index (χ4n) is 2.80. The molecule has 0 aliphatic rings. The summed E-state index contributed by atoms with van der Waals surface area (Å²) in [5.41, 5.74) is 3.49. The van der Waals surface area contributed by atoms with Gasteiger partial charge in [0.2, 0.25) is 0 Å². The molecule has 0 bridgehead atoms. The number of benzene rings is 2. The molecule has 5 nitrogen and oxygen atoms in total. The highest BCUT2D eigenvalue weighted by molar-refractivity contribution is 5.97. The van der Waals surface area contributed by atoms with Gasteiger partial charge in [-0.3, -0.25) is 4.79 Å². The van der Waals surface area contributed by atoms with E-state index in [0.717, 1.165) is 22.4 Å². The lowest BCUT2D eigenvalue weighted by atomic mass is 10.0. The Hall–Kier alpha value is -2.82. The third-order valence-corrected chi connectivity index (χ3v) is 3.85. The van der Waals surface area contributed by atoms with Gasteiger partial charge < -0.3 is 14.7 Å². The lowest BCUT2D eigenvalue weighted by molar-refractivity contribution is 0.0697. The van der Waals surface area contributed by atoms with Gasteiger partial charge in [-0.1, -0.05) is 18.2 Å². The van der Waals surface area contributed by atoms with Crippen LogP contribution >= 0.6 is 0 Å². The molecule has 0 unspecified atom stereocenters. The maximum atomic E-state index is 12.5. The fourth-order valence-corrected chi connectivity index (χ4v) is 2.80. The van der Waals surface area contributed by atoms with Crippen molar-refractivity contribution in [2.75, 3.05) is 14.2 Å². The van der Waals surface area contributed by atoms with Gasteiger partial charge in [0.15, 0.2) is 0 Å². The summed E-state index contributed by atoms with van der Waals surface area (Å²) in [4.78, 5) is 25.1. The molecule has 1 amide bonds. The average Bonchev–Trinajstić information content (AvgIpc) is 2.54. The first-order valence-electron chi connectivity index (χ1n) is 7.56. The topological polar surface area (TPSA) is 66.8 Å². The summed E-state index contributed by atoms with van der Waals surface area (Å²) in [6.45, 7) is 4.36. The van der Waals surface area contributed by atoms with Crippen molar-refractivity contribution in [2.24, 2.45) is 0 Å². The van der Waals surface area contributed by atoms with Crippen molar-refractivity contribution in [1.82, 2.24) is 4.90 Å². The number of carboxylic acid groups (broad SMARTS) is 1. The minimum atomic E-state index is -1.05. The van der Waals surface area contributed by atoms with E-state index in [2.05, 4.69) is 0 Å². The van der Waals surface area contributed by atoms with E-state index in [0.29, 0.717) is 12.1 Å². The number of amides is 1. The van der Waals surface area contributed by atoms with E-state index in [9.17, 15) is 9.59 Å². The van der Waals surface area contributed by atoms with Gasteiger partial charge in [-0.25, -0.2) is 4.79 Å². The summed E-state index contributed by atoms with van der Waals surface area (Å²) in [6.07, 6.45) is 0. The van der Waals surface area contributed by atoms with Crippen molar-refractivity contribution in [3.8, 4) is 5.75 Å². The minimum absolute atomic E-state index is 0.102. The van der Waals surface area contributed by atoms with Crippen LogP contribution in [0.4, 0.5) is 0 Å². The van der Waals surface area contributed by atoms with Gasteiger partial charge in [-0.2, -0.15) is 0 Å². The van der Waals surface area contributed by atoms with Crippen LogP contribution < -0.4 is 4.74 Å². The molecule has 0 radical (unpaired) electrons. The largest absolute Gasteiger partial charge is 0.496 e. The number of methoxy groups -OCH3 is 1. The number of carboxylic acids is 1. The number of carbonyl (C=O) groups excluding carboxylic acids is 1. The summed E-state index contributed by atoms with van der Waals surface area (Å²) in [5.74, 6) is -0.417. The average molecular weight is 327 g/mol. The maximum Gasteiger partial charge on any atom is 0.335 e. The van der Waals surface area contributed by atoms with E-state index in [-0.39, 0.29) is 11.5 Å². The summed E-state index contributed by atoms with van der Waals surface area (Å²) < 4.78 is 5.35. The Bertz CT molecular complexity index is 760. The molecule has 126 valence electrons. The highest BCUT2D eigenvalue weighted by atomic mass is 16.5. The highest BCUT2D eigenvalue weighted by Gasteiger charge is 2.15. The number of rotatable bonds is 5. The molecule has 24 heavy (non-hydrogen) atoms. The molecular formula is C19H21NO4. The summed E-state index contributed by atoms with van der Waals surface area (Å²) in [7, 11) is 3.34. The van der Waals surface area contributed by atoms with E-state index >= 15 is 0 Å². The maximum absolute atomic E-state index is 12.5. The number of nitrogens with zero attached hydrogens (tertiary/aromatic N) is 1. The highest BCUT2D eigenvalue weighted by Crippen LogP contribution is 2.25. The van der Waals surface area contributed by atoms with Crippen LogP contribution in [0.5, 0.6) is 5.75 Å². The monoisotopic (exact) mass is 327 g/mol. The van der Waals surface area contributed by atoms with Crippen LogP contribution in [0, 0.1) is 13.8 Å². The van der Waals surface area contributed by atoms with Crippen molar-refractivity contribution in [3.05, 3.63) is 64.2 Å². The molecule has 0 saturated heterocycles. The van der Waals surface area contributed by atoms with Gasteiger partial charge in [-0.05, 0) is 48.7 Å². The molecule has 0 atom stereocenters. The number of ether oxygens (including phenoxy) is 1. The van der Waals surface area contributed by atoms with Gasteiger partial charge in [0, 0.05) is 19.2 Å². The Morgan fingerprint density at radius 3 is 2.21 bits per heavy atom. The standard InChI is InChI=1S/C19H21NO4/c1-12-8-14(9-13(2)17(12)24-4)11-20(3)18(21)15-6-5-7-16(10-15)19(22)23/h5-10H,11H2,1-4H3,(H,22,23). The van der Waals surface area contributed by atoms with Crippen molar-refractivity contribution < 1.29 is 19.4 Å². The first kappa shape index (κ1) is 17.5. The van der Waals surface area contributed by atoms with Crippen LogP contribution in [-0.4, -0.2) is 36.0 Å². The lowest BCUT2D eigenvalue weighted by Gasteiger charge is -2.19. The van der Waals surface area contributed by atoms with Crippen molar-refractivity contribution in [3.63, 3.8) is 0 Å². The summed E-state index contributed by atoms with van der Waals surface area (Å²) in [5, 5.41) is 9.04. The number of aromatic carboxylic acids is 1. The second kappa shape index (κ2) is 7.17. The van der Waals surface area contributed by atoms with Crippen molar-refractivity contribution in [2.45, 2.75) is 20.4 Å². The van der Waals surface area contributed by atoms with Crippen LogP contribution in [0.1, 0.15) is 37.4 Å². The molecule has 0 saturated carbocycles. The zero-order valence-electron chi connectivity index (χ0n) is 14.3. The van der Waals surface area contributed by atoms with Crippen LogP contribution in [0.25, 0.3) is 0 Å². The number of hydrogen-bond donors (Lipinski definition) is 1. The van der Waals surface area contributed by atoms with Crippen molar-refractivity contribution >= 4 is 11.9 Å². The third kappa shape index (κ3) is 3.74. The van der Waals surface area contributed by atoms with Gasteiger partial charge in [-0.15, -0.1) is 0 Å². The summed E-state index contributed by atoms with van der Waals surface area (Å²) >= 11 is 0. The second-order valence-corrected chi connectivity index (χ2v) is 5.81. The normalized spacial score (nSPS) is 10.3. The van der Waals surface area contributed by atoms with Crippen LogP contribution in [0.2, 0.25) is 0 Å². The molecule has 1 N–H and O–H groups in total. The van der Waals surface area contributed by atoms with E-state index in [4.69, 9.17) is 9.84 Å². The Morgan fingerprint density at radius 1 is 1.08 bits per heavy atom. The lowest BCUT2D eigenvalue weighted by Crippen LogP contribution is -2.26. The molecule has 5 heteroatoms. The zero-order valence-corrected chi connectivity index (χ0v) is 14.3. The van der Waals surface area contributed by atoms with Gasteiger partial charge >= 0.3 is 5.97 Å². The predicted molar refractivity (Wildman–Crippen MR) is 91.7 cm³/mol. The quantitative estimate of drug-likeness (QED) is 0.915. The number of aryl methyl sites for hydroxylation is 2. The third-order valence-electron chi connectivity index (χ3n) is 3.85. The molecule has 0 aliphatic carbocycles. The van der Waals surface area contributed by atoms with Gasteiger partial charge in [0.05, 0.1) is 12.7 Å². The van der Waals surface area contributed by atoms with E-state index in [1.54, 1.807) is 31.2 Å². The molecule has 0 aromatic heterocycles. The Morgan fingerprint density at radius 2 is 1.67 bits per heavy atom. The van der Waals surface area contributed by atoms with Crippen LogP contribution in [0.3, 0.4) is 0 Å². The molecule has 2 aromatic carbocycles. The number of carbonyl (C=O) groups is 2. The Labute approximate surface area is 141 Å². The van der Waals surface area contributed by atoms with Crippen molar-refractivity contribution in [1.29, 1.82) is 0 Å². The van der Waals surface area contributed by atoms with Gasteiger partial charge in [0.1, 0.15) is 5.75 Å². The molecular weight excluding hydrogens is 306 g/mol. The van der Waals surface area contributed by atoms with E-state index < -0.39 is 5.97 Å². The second-order valence-electron chi connectivity index (χ2n) is 5.81. The summed E-state index contributed by atoms with van der Waals surface area (Å²) in [6, 6.07) is 10.0. The smallest absolute Gasteiger partial charge is 0.335 e. The molecule has 2 rings (SSSR count). The number of hydrogen-bond acceptors (Lipinski definition) is 3. The minimum Gasteiger partial charge on any atom is -0.496 e.